The Balaban J connectivity index is 0.00000364. The van der Waals surface area contributed by atoms with Crippen LogP contribution in [0.2, 0.25) is 5.02 Å². The molecule has 7 heteroatoms. The highest BCUT2D eigenvalue weighted by Crippen LogP contribution is 2.11. The van der Waals surface area contributed by atoms with Gasteiger partial charge in [-0.25, -0.2) is 4.99 Å². The zero-order valence-corrected chi connectivity index (χ0v) is 18.5. The van der Waals surface area contributed by atoms with Gasteiger partial charge >= 0.3 is 0 Å². The Kier molecular flexibility index (Phi) is 12.1. The largest absolute Gasteiger partial charge is 0.389 e. The lowest BCUT2D eigenvalue weighted by atomic mass is 10.2. The van der Waals surface area contributed by atoms with Crippen molar-refractivity contribution in [2.75, 3.05) is 19.7 Å². The summed E-state index contributed by atoms with van der Waals surface area (Å²) in [7, 11) is 0. The normalized spacial score (nSPS) is 12.2. The van der Waals surface area contributed by atoms with Gasteiger partial charge in [0.2, 0.25) is 0 Å². The molecule has 0 spiro atoms. The third kappa shape index (κ3) is 9.95. The van der Waals surface area contributed by atoms with Crippen molar-refractivity contribution in [3.8, 4) is 0 Å². The molecule has 3 N–H and O–H groups in total. The van der Waals surface area contributed by atoms with Gasteiger partial charge in [0.1, 0.15) is 0 Å². The van der Waals surface area contributed by atoms with E-state index in [0.717, 1.165) is 17.7 Å². The highest BCUT2D eigenvalue weighted by Gasteiger charge is 2.06. The number of hydrogen-bond acceptors (Lipinski definition) is 3. The van der Waals surface area contributed by atoms with E-state index in [1.54, 1.807) is 0 Å². The summed E-state index contributed by atoms with van der Waals surface area (Å²) in [5.74, 6) is 0.648. The van der Waals surface area contributed by atoms with E-state index in [1.807, 2.05) is 61.5 Å². The van der Waals surface area contributed by atoms with Crippen molar-refractivity contribution in [3.05, 3.63) is 70.7 Å². The highest BCUT2D eigenvalue weighted by molar-refractivity contribution is 14.0. The Morgan fingerprint density at radius 1 is 1.11 bits per heavy atom. The van der Waals surface area contributed by atoms with Gasteiger partial charge in [-0.05, 0) is 30.2 Å². The fraction of sp³-hybridized carbons (Fsp3) is 0.350. The summed E-state index contributed by atoms with van der Waals surface area (Å²) in [6, 6.07) is 17.5. The van der Waals surface area contributed by atoms with E-state index in [-0.39, 0.29) is 30.6 Å². The van der Waals surface area contributed by atoms with Crippen molar-refractivity contribution < 1.29 is 9.84 Å². The molecule has 1 unspecified atom stereocenters. The van der Waals surface area contributed by atoms with Crippen molar-refractivity contribution >= 4 is 41.5 Å². The molecule has 0 fully saturated rings. The van der Waals surface area contributed by atoms with E-state index < -0.39 is 6.10 Å². The van der Waals surface area contributed by atoms with Crippen molar-refractivity contribution in [3.63, 3.8) is 0 Å². The molecule has 2 aromatic rings. The van der Waals surface area contributed by atoms with E-state index in [9.17, 15) is 5.11 Å². The molecule has 5 nitrogen and oxygen atoms in total. The minimum atomic E-state index is -0.617. The van der Waals surface area contributed by atoms with Crippen molar-refractivity contribution in [2.45, 2.75) is 26.2 Å². The van der Waals surface area contributed by atoms with E-state index in [4.69, 9.17) is 16.3 Å². The predicted octanol–water partition coefficient (Wildman–Crippen LogP) is 3.59. The van der Waals surface area contributed by atoms with Gasteiger partial charge in [0, 0.05) is 18.1 Å². The second kappa shape index (κ2) is 13.8. The number of ether oxygens (including phenoxy) is 1. The maximum atomic E-state index is 10.1. The zero-order valence-electron chi connectivity index (χ0n) is 15.4. The van der Waals surface area contributed by atoms with E-state index in [0.29, 0.717) is 30.7 Å². The topological polar surface area (TPSA) is 65.9 Å². The molecule has 0 aromatic heterocycles. The third-order valence-electron chi connectivity index (χ3n) is 3.58. The Hall–Kier alpha value is -1.35. The Morgan fingerprint density at radius 2 is 1.85 bits per heavy atom. The molecule has 2 aromatic carbocycles. The van der Waals surface area contributed by atoms with Gasteiger partial charge in [0.05, 0.1) is 25.9 Å². The first-order valence-corrected chi connectivity index (χ1v) is 9.11. The number of hydrogen-bond donors (Lipinski definition) is 3. The lowest BCUT2D eigenvalue weighted by molar-refractivity contribution is 0.0308. The van der Waals surface area contributed by atoms with Crippen LogP contribution in [0.1, 0.15) is 18.1 Å². The van der Waals surface area contributed by atoms with Crippen LogP contribution in [0.25, 0.3) is 0 Å². The number of nitrogens with one attached hydrogen (secondary N) is 2. The number of benzene rings is 2. The molecule has 0 amide bonds. The van der Waals surface area contributed by atoms with Gasteiger partial charge in [0.25, 0.3) is 0 Å². The summed E-state index contributed by atoms with van der Waals surface area (Å²) in [5, 5.41) is 17.1. The first-order valence-electron chi connectivity index (χ1n) is 8.73. The number of aliphatic hydroxyl groups excluding tert-OH is 1. The van der Waals surface area contributed by atoms with Gasteiger partial charge in [-0.2, -0.15) is 0 Å². The van der Waals surface area contributed by atoms with Gasteiger partial charge in [-0.3, -0.25) is 0 Å². The summed E-state index contributed by atoms with van der Waals surface area (Å²) in [4.78, 5) is 4.51. The molecule has 2 rings (SSSR count). The maximum Gasteiger partial charge on any atom is 0.191 e. The Labute approximate surface area is 183 Å². The van der Waals surface area contributed by atoms with Crippen LogP contribution in [-0.4, -0.2) is 36.9 Å². The smallest absolute Gasteiger partial charge is 0.191 e. The van der Waals surface area contributed by atoms with Gasteiger partial charge in [0.15, 0.2) is 5.96 Å². The van der Waals surface area contributed by atoms with Crippen molar-refractivity contribution in [1.82, 2.24) is 10.6 Å². The first kappa shape index (κ1) is 23.7. The molecule has 1 atom stereocenters. The summed E-state index contributed by atoms with van der Waals surface area (Å²) in [6.07, 6.45) is -0.617. The van der Waals surface area contributed by atoms with Crippen LogP contribution in [-0.2, 0) is 17.9 Å². The fourth-order valence-corrected chi connectivity index (χ4v) is 2.52. The van der Waals surface area contributed by atoms with Gasteiger partial charge < -0.3 is 20.5 Å². The summed E-state index contributed by atoms with van der Waals surface area (Å²) >= 11 is 5.99. The molecule has 0 radical (unpaired) electrons. The molecular formula is C20H27ClIN3O2. The van der Waals surface area contributed by atoms with E-state index in [1.165, 1.54) is 0 Å². The standard InChI is InChI=1S/C20H26ClN3O2.HI/c1-2-22-20(23-12-17-9-6-10-18(21)11-17)24-13-19(25)15-26-14-16-7-4-3-5-8-16;/h3-11,19,25H,2,12-15H2,1H3,(H2,22,23,24);1H. The Bertz CT molecular complexity index is 686. The molecule has 0 saturated carbocycles. The molecule has 0 bridgehead atoms. The number of rotatable bonds is 9. The van der Waals surface area contributed by atoms with Crippen molar-refractivity contribution in [1.29, 1.82) is 0 Å². The van der Waals surface area contributed by atoms with Crippen LogP contribution in [0.5, 0.6) is 0 Å². The molecule has 0 aliphatic heterocycles. The Morgan fingerprint density at radius 3 is 2.56 bits per heavy atom. The van der Waals surface area contributed by atoms with E-state index >= 15 is 0 Å². The average molecular weight is 504 g/mol. The maximum absolute atomic E-state index is 10.1. The molecule has 148 valence electrons. The van der Waals surface area contributed by atoms with Crippen LogP contribution in [0.15, 0.2) is 59.6 Å². The van der Waals surface area contributed by atoms with Gasteiger partial charge in [-0.1, -0.05) is 54.1 Å². The summed E-state index contributed by atoms with van der Waals surface area (Å²) < 4.78 is 5.55. The molecule has 0 heterocycles. The van der Waals surface area contributed by atoms with Crippen LogP contribution in [0.4, 0.5) is 0 Å². The number of aliphatic hydroxyl groups is 1. The SMILES string of the molecule is CCNC(=NCc1cccc(Cl)c1)NCC(O)COCc1ccccc1.I. The van der Waals surface area contributed by atoms with Crippen LogP contribution in [0.3, 0.4) is 0 Å². The zero-order chi connectivity index (χ0) is 18.6. The second-order valence-electron chi connectivity index (χ2n) is 5.86. The molecule has 27 heavy (non-hydrogen) atoms. The fourth-order valence-electron chi connectivity index (χ4n) is 2.31. The average Bonchev–Trinajstić information content (AvgIpc) is 2.65. The molecule has 0 saturated heterocycles. The summed E-state index contributed by atoms with van der Waals surface area (Å²) in [5.41, 5.74) is 2.12. The number of nitrogens with zero attached hydrogens (tertiary/aromatic N) is 1. The predicted molar refractivity (Wildman–Crippen MR) is 122 cm³/mol. The molecular weight excluding hydrogens is 477 g/mol. The lowest BCUT2D eigenvalue weighted by Crippen LogP contribution is -2.42. The minimum absolute atomic E-state index is 0. The minimum Gasteiger partial charge on any atom is -0.389 e. The number of aliphatic imine (C=N–C) groups is 1. The monoisotopic (exact) mass is 503 g/mol. The number of halogens is 2. The van der Waals surface area contributed by atoms with E-state index in [2.05, 4.69) is 15.6 Å². The lowest BCUT2D eigenvalue weighted by Gasteiger charge is -2.15. The molecule has 0 aliphatic carbocycles. The molecule has 0 aliphatic rings. The first-order chi connectivity index (χ1) is 12.7. The van der Waals surface area contributed by atoms with Crippen LogP contribution >= 0.6 is 35.6 Å². The van der Waals surface area contributed by atoms with Crippen molar-refractivity contribution in [2.24, 2.45) is 4.99 Å². The number of guanidine groups is 1. The van der Waals surface area contributed by atoms with Crippen LogP contribution in [0, 0.1) is 0 Å². The van der Waals surface area contributed by atoms with Crippen LogP contribution < -0.4 is 10.6 Å². The quantitative estimate of drug-likeness (QED) is 0.278. The van der Waals surface area contributed by atoms with Gasteiger partial charge in [-0.15, -0.1) is 24.0 Å². The summed E-state index contributed by atoms with van der Waals surface area (Å²) in [6.45, 7) is 4.35. The second-order valence-corrected chi connectivity index (χ2v) is 6.30. The highest BCUT2D eigenvalue weighted by atomic mass is 127. The third-order valence-corrected chi connectivity index (χ3v) is 3.82.